The van der Waals surface area contributed by atoms with Crippen LogP contribution in [0.5, 0.6) is 5.75 Å². The van der Waals surface area contributed by atoms with E-state index in [-0.39, 0.29) is 22.1 Å². The van der Waals surface area contributed by atoms with Crippen LogP contribution in [0.3, 0.4) is 0 Å². The van der Waals surface area contributed by atoms with Crippen molar-refractivity contribution in [3.8, 4) is 17.0 Å². The van der Waals surface area contributed by atoms with Gasteiger partial charge in [-0.25, -0.2) is 13.4 Å². The maximum Gasteiger partial charge on any atom is 0.573 e. The number of sulfonamides is 1. The van der Waals surface area contributed by atoms with Gasteiger partial charge in [0.25, 0.3) is 11.5 Å². The second-order valence-corrected chi connectivity index (χ2v) is 8.68. The summed E-state index contributed by atoms with van der Waals surface area (Å²) in [6, 6.07) is 6.12. The molecule has 1 aromatic carbocycles. The maximum absolute atomic E-state index is 12.4. The van der Waals surface area contributed by atoms with E-state index in [1.54, 1.807) is 0 Å². The van der Waals surface area contributed by atoms with Crippen LogP contribution in [-0.2, 0) is 10.0 Å². The van der Waals surface area contributed by atoms with Gasteiger partial charge in [0.05, 0.1) is 17.6 Å². The zero-order valence-electron chi connectivity index (χ0n) is 15.5. The van der Waals surface area contributed by atoms with Gasteiger partial charge in [-0.3, -0.25) is 14.3 Å². The summed E-state index contributed by atoms with van der Waals surface area (Å²) < 4.78 is 65.2. The smallest absolute Gasteiger partial charge is 0.406 e. The Hall–Kier alpha value is -3.39. The number of ether oxygens (including phenoxy) is 1. The largest absolute Gasteiger partial charge is 0.573 e. The number of benzene rings is 1. The van der Waals surface area contributed by atoms with Gasteiger partial charge in [0.2, 0.25) is 10.0 Å². The third kappa shape index (κ3) is 6.29. The molecule has 31 heavy (non-hydrogen) atoms. The molecule has 0 aliphatic heterocycles. The van der Waals surface area contributed by atoms with E-state index in [1.165, 1.54) is 23.7 Å². The molecule has 1 amide bonds. The normalized spacial score (nSPS) is 11.7. The van der Waals surface area contributed by atoms with Crippen molar-refractivity contribution in [3.05, 3.63) is 57.3 Å². The molecular weight excluding hydrogens is 461 g/mol. The Morgan fingerprint density at radius 1 is 1.23 bits per heavy atom. The molecule has 0 atom stereocenters. The first kappa shape index (κ1) is 22.3. The van der Waals surface area contributed by atoms with Crippen molar-refractivity contribution in [2.24, 2.45) is 0 Å². The molecule has 3 N–H and O–H groups in total. The van der Waals surface area contributed by atoms with Gasteiger partial charge in [0.1, 0.15) is 11.4 Å². The highest BCUT2D eigenvalue weighted by Crippen LogP contribution is 2.27. The summed E-state index contributed by atoms with van der Waals surface area (Å²) in [5.41, 5.74) is -0.0385. The van der Waals surface area contributed by atoms with Gasteiger partial charge in [0, 0.05) is 17.1 Å². The summed E-state index contributed by atoms with van der Waals surface area (Å²) in [5.74, 6) is -1.02. The minimum atomic E-state index is -4.80. The van der Waals surface area contributed by atoms with Crippen molar-refractivity contribution in [3.63, 3.8) is 0 Å². The lowest BCUT2D eigenvalue weighted by Gasteiger charge is -2.08. The molecule has 164 valence electrons. The highest BCUT2D eigenvalue weighted by Gasteiger charge is 2.31. The number of anilines is 2. The van der Waals surface area contributed by atoms with Crippen LogP contribution in [0.15, 0.2) is 46.7 Å². The number of carbonyl (C=O) groups is 1. The van der Waals surface area contributed by atoms with Crippen molar-refractivity contribution in [2.75, 3.05) is 16.3 Å². The molecule has 2 aromatic heterocycles. The molecule has 0 saturated carbocycles. The van der Waals surface area contributed by atoms with Crippen LogP contribution < -0.4 is 20.3 Å². The fraction of sp³-hybridized carbons (Fsp3) is 0.118. The Kier molecular flexibility index (Phi) is 6.03. The van der Waals surface area contributed by atoms with Crippen molar-refractivity contribution < 1.29 is 31.1 Å². The molecule has 0 fully saturated rings. The molecule has 0 saturated heterocycles. The summed E-state index contributed by atoms with van der Waals surface area (Å²) in [6.07, 6.45) is -2.75. The van der Waals surface area contributed by atoms with E-state index in [0.717, 1.165) is 35.8 Å². The Bertz CT molecular complexity index is 1270. The monoisotopic (exact) mass is 474 g/mol. The highest BCUT2D eigenvalue weighted by atomic mass is 32.2. The van der Waals surface area contributed by atoms with E-state index < -0.39 is 27.9 Å². The van der Waals surface area contributed by atoms with Crippen LogP contribution in [0.2, 0.25) is 0 Å². The van der Waals surface area contributed by atoms with E-state index in [1.807, 2.05) is 4.72 Å². The van der Waals surface area contributed by atoms with Gasteiger partial charge in [0.15, 0.2) is 5.01 Å². The average Bonchev–Trinajstić information content (AvgIpc) is 3.13. The Labute approximate surface area is 177 Å². The summed E-state index contributed by atoms with van der Waals surface area (Å²) in [5, 5.41) is 4.05. The van der Waals surface area contributed by atoms with Crippen LogP contribution in [0, 0.1) is 0 Å². The van der Waals surface area contributed by atoms with Crippen LogP contribution in [0.25, 0.3) is 11.3 Å². The fourth-order valence-corrected chi connectivity index (χ4v) is 3.63. The number of hydrogen-bond acceptors (Lipinski definition) is 7. The van der Waals surface area contributed by atoms with Gasteiger partial charge in [-0.15, -0.1) is 24.5 Å². The third-order valence-electron chi connectivity index (χ3n) is 3.54. The number of alkyl halides is 3. The number of pyridine rings is 1. The van der Waals surface area contributed by atoms with Crippen LogP contribution >= 0.6 is 11.3 Å². The second-order valence-electron chi connectivity index (χ2n) is 6.07. The number of halogens is 3. The van der Waals surface area contributed by atoms with E-state index in [9.17, 15) is 31.2 Å². The summed E-state index contributed by atoms with van der Waals surface area (Å²) >= 11 is 0.985. The van der Waals surface area contributed by atoms with E-state index in [0.29, 0.717) is 11.3 Å². The first-order valence-corrected chi connectivity index (χ1v) is 11.0. The number of H-pyrrole nitrogens is 1. The van der Waals surface area contributed by atoms with Crippen LogP contribution in [0.1, 0.15) is 9.80 Å². The molecule has 0 radical (unpaired) electrons. The van der Waals surface area contributed by atoms with Crippen molar-refractivity contribution in [1.82, 2.24) is 9.97 Å². The molecule has 0 aliphatic rings. The Morgan fingerprint density at radius 3 is 2.52 bits per heavy atom. The number of amides is 1. The lowest BCUT2D eigenvalue weighted by atomic mass is 10.2. The molecule has 3 rings (SSSR count). The number of carbonyl (C=O) groups excluding carboxylic acids is 1. The van der Waals surface area contributed by atoms with E-state index >= 15 is 0 Å². The zero-order chi connectivity index (χ0) is 22.8. The zero-order valence-corrected chi connectivity index (χ0v) is 17.1. The standard InChI is InChI=1S/C17H13F3N4O5S2/c1-31(27,28)24-12-6-10(7-21-14(12)25)22-15(26)16-23-13(8-30-16)9-2-4-11(5-3-9)29-17(18,19)20/h2-8,24H,1H3,(H,21,25)(H,22,26). The first-order valence-electron chi connectivity index (χ1n) is 8.23. The number of rotatable bonds is 6. The highest BCUT2D eigenvalue weighted by molar-refractivity contribution is 7.92. The molecule has 14 heteroatoms. The number of nitrogens with one attached hydrogen (secondary N) is 3. The van der Waals surface area contributed by atoms with E-state index in [2.05, 4.69) is 20.0 Å². The molecular formula is C17H13F3N4O5S2. The summed E-state index contributed by atoms with van der Waals surface area (Å²) in [6.45, 7) is 0. The summed E-state index contributed by atoms with van der Waals surface area (Å²) in [7, 11) is -3.70. The number of thiazole rings is 1. The third-order valence-corrected chi connectivity index (χ3v) is 4.97. The quantitative estimate of drug-likeness (QED) is 0.504. The SMILES string of the molecule is CS(=O)(=O)Nc1cc(NC(=O)c2nc(-c3ccc(OC(F)(F)F)cc3)cs2)c[nH]c1=O. The van der Waals surface area contributed by atoms with Crippen molar-refractivity contribution >= 4 is 38.6 Å². The minimum Gasteiger partial charge on any atom is -0.406 e. The van der Waals surface area contributed by atoms with Gasteiger partial charge in [-0.1, -0.05) is 0 Å². The number of hydrogen-bond donors (Lipinski definition) is 3. The Balaban J connectivity index is 1.74. The molecule has 0 aliphatic carbocycles. The lowest BCUT2D eigenvalue weighted by molar-refractivity contribution is -0.274. The first-order chi connectivity index (χ1) is 14.4. The number of aromatic nitrogens is 2. The molecule has 3 aromatic rings. The van der Waals surface area contributed by atoms with Crippen LogP contribution in [-0.4, -0.2) is 36.9 Å². The molecule has 0 spiro atoms. The van der Waals surface area contributed by atoms with Crippen LogP contribution in [0.4, 0.5) is 24.5 Å². The minimum absolute atomic E-state index is 0.0365. The van der Waals surface area contributed by atoms with E-state index in [4.69, 9.17) is 0 Å². The maximum atomic E-state index is 12.4. The molecule has 0 unspecified atom stereocenters. The van der Waals surface area contributed by atoms with Gasteiger partial charge < -0.3 is 15.0 Å². The predicted molar refractivity (Wildman–Crippen MR) is 108 cm³/mol. The average molecular weight is 474 g/mol. The number of aromatic amines is 1. The lowest BCUT2D eigenvalue weighted by Crippen LogP contribution is -2.20. The van der Waals surface area contributed by atoms with Gasteiger partial charge in [-0.2, -0.15) is 0 Å². The Morgan fingerprint density at radius 2 is 1.90 bits per heavy atom. The topological polar surface area (TPSA) is 130 Å². The van der Waals surface area contributed by atoms with Gasteiger partial charge >= 0.3 is 6.36 Å². The second kappa shape index (κ2) is 8.39. The fourth-order valence-electron chi connectivity index (χ4n) is 2.35. The molecule has 0 bridgehead atoms. The predicted octanol–water partition coefficient (Wildman–Crippen LogP) is 3.02. The van der Waals surface area contributed by atoms with Crippen molar-refractivity contribution in [2.45, 2.75) is 6.36 Å². The van der Waals surface area contributed by atoms with Crippen molar-refractivity contribution in [1.29, 1.82) is 0 Å². The molecule has 2 heterocycles. The number of nitrogens with zero attached hydrogens (tertiary/aromatic N) is 1. The van der Waals surface area contributed by atoms with Gasteiger partial charge in [-0.05, 0) is 30.3 Å². The molecule has 9 nitrogen and oxygen atoms in total. The summed E-state index contributed by atoms with van der Waals surface area (Å²) in [4.78, 5) is 30.5.